The van der Waals surface area contributed by atoms with E-state index in [9.17, 15) is 9.59 Å². The van der Waals surface area contributed by atoms with Crippen LogP contribution in [-0.2, 0) is 16.0 Å². The van der Waals surface area contributed by atoms with E-state index in [0.29, 0.717) is 26.1 Å². The predicted octanol–water partition coefficient (Wildman–Crippen LogP) is 4.50. The molecule has 0 bridgehead atoms. The highest BCUT2D eigenvalue weighted by molar-refractivity contribution is 5.97. The first-order chi connectivity index (χ1) is 14.0. The predicted molar refractivity (Wildman–Crippen MR) is 115 cm³/mol. The van der Waals surface area contributed by atoms with Gasteiger partial charge in [-0.25, -0.2) is 4.79 Å². The summed E-state index contributed by atoms with van der Waals surface area (Å²) in [6, 6.07) is 16.1. The van der Waals surface area contributed by atoms with E-state index in [1.807, 2.05) is 48.2 Å². The van der Waals surface area contributed by atoms with Crippen molar-refractivity contribution in [1.29, 1.82) is 0 Å². The van der Waals surface area contributed by atoms with E-state index in [0.717, 1.165) is 35.2 Å². The van der Waals surface area contributed by atoms with Gasteiger partial charge in [0.05, 0.1) is 13.0 Å². The molecule has 1 fully saturated rings. The normalized spacial score (nSPS) is 14.5. The Morgan fingerprint density at radius 1 is 1.00 bits per heavy atom. The summed E-state index contributed by atoms with van der Waals surface area (Å²) in [4.78, 5) is 29.2. The quantitative estimate of drug-likeness (QED) is 0.750. The summed E-state index contributed by atoms with van der Waals surface area (Å²) < 4.78 is 5.13. The number of para-hydroxylation sites is 1. The zero-order valence-electron chi connectivity index (χ0n) is 17.6. The fourth-order valence-electron chi connectivity index (χ4n) is 4.07. The highest BCUT2D eigenvalue weighted by Crippen LogP contribution is 2.31. The van der Waals surface area contributed by atoms with Gasteiger partial charge in [-0.2, -0.15) is 0 Å². The number of nitrogens with zero attached hydrogens (tertiary/aromatic N) is 2. The molecule has 5 heteroatoms. The van der Waals surface area contributed by atoms with Crippen LogP contribution in [0.4, 0.5) is 10.5 Å². The molecule has 0 atom stereocenters. The summed E-state index contributed by atoms with van der Waals surface area (Å²) in [5.41, 5.74) is 4.21. The van der Waals surface area contributed by atoms with E-state index in [1.165, 1.54) is 0 Å². The van der Waals surface area contributed by atoms with E-state index in [2.05, 4.69) is 26.0 Å². The molecule has 1 aliphatic heterocycles. The van der Waals surface area contributed by atoms with Crippen molar-refractivity contribution in [3.05, 3.63) is 65.2 Å². The van der Waals surface area contributed by atoms with Crippen molar-refractivity contribution >= 4 is 17.7 Å². The van der Waals surface area contributed by atoms with Crippen LogP contribution in [0.3, 0.4) is 0 Å². The molecule has 29 heavy (non-hydrogen) atoms. The first-order valence-corrected chi connectivity index (χ1v) is 10.3. The van der Waals surface area contributed by atoms with E-state index >= 15 is 0 Å². The molecule has 3 rings (SSSR count). The number of hydrogen-bond donors (Lipinski definition) is 0. The number of benzene rings is 2. The summed E-state index contributed by atoms with van der Waals surface area (Å²) in [5.74, 6) is 0.100. The highest BCUT2D eigenvalue weighted by Gasteiger charge is 2.32. The van der Waals surface area contributed by atoms with E-state index < -0.39 is 0 Å². The average Bonchev–Trinajstić information content (AvgIpc) is 2.72. The second kappa shape index (κ2) is 9.59. The fraction of sp³-hybridized carbons (Fsp3) is 0.417. The van der Waals surface area contributed by atoms with Crippen molar-refractivity contribution in [3.63, 3.8) is 0 Å². The molecule has 0 N–H and O–H groups in total. The first kappa shape index (κ1) is 20.9. The van der Waals surface area contributed by atoms with Gasteiger partial charge in [0, 0.05) is 24.8 Å². The van der Waals surface area contributed by atoms with Gasteiger partial charge in [-0.1, -0.05) is 48.5 Å². The van der Waals surface area contributed by atoms with Crippen LogP contribution in [0.1, 0.15) is 36.5 Å². The summed E-state index contributed by atoms with van der Waals surface area (Å²) in [6.45, 7) is 7.50. The van der Waals surface area contributed by atoms with Gasteiger partial charge < -0.3 is 14.5 Å². The largest absolute Gasteiger partial charge is 0.450 e. The van der Waals surface area contributed by atoms with Crippen LogP contribution in [0.25, 0.3) is 0 Å². The van der Waals surface area contributed by atoms with Gasteiger partial charge in [0.2, 0.25) is 5.91 Å². The molecular formula is C24H30N2O3. The Morgan fingerprint density at radius 2 is 1.62 bits per heavy atom. The molecule has 0 saturated carbocycles. The van der Waals surface area contributed by atoms with Crippen LogP contribution in [0, 0.1) is 13.8 Å². The van der Waals surface area contributed by atoms with Gasteiger partial charge in [-0.05, 0) is 50.3 Å². The van der Waals surface area contributed by atoms with Crippen LogP contribution in [0.2, 0.25) is 0 Å². The van der Waals surface area contributed by atoms with Crippen molar-refractivity contribution in [2.75, 3.05) is 24.6 Å². The zero-order chi connectivity index (χ0) is 20.8. The molecule has 0 aliphatic carbocycles. The lowest BCUT2D eigenvalue weighted by atomic mass is 9.98. The van der Waals surface area contributed by atoms with Gasteiger partial charge >= 0.3 is 6.09 Å². The third-order valence-corrected chi connectivity index (χ3v) is 5.50. The number of hydrogen-bond acceptors (Lipinski definition) is 3. The number of aryl methyl sites for hydroxylation is 2. The number of piperidine rings is 1. The van der Waals surface area contributed by atoms with Crippen molar-refractivity contribution in [2.45, 2.75) is 46.1 Å². The van der Waals surface area contributed by atoms with Gasteiger partial charge in [-0.15, -0.1) is 0 Å². The van der Waals surface area contributed by atoms with Crippen molar-refractivity contribution in [3.8, 4) is 0 Å². The van der Waals surface area contributed by atoms with Crippen molar-refractivity contribution < 1.29 is 14.3 Å². The van der Waals surface area contributed by atoms with Crippen LogP contribution >= 0.6 is 0 Å². The molecule has 1 heterocycles. The molecule has 0 unspecified atom stereocenters. The monoisotopic (exact) mass is 394 g/mol. The minimum absolute atomic E-state index is 0.0664. The maximum absolute atomic E-state index is 13.5. The Hall–Kier alpha value is -2.82. The standard InChI is InChI=1S/C24H30N2O3/c1-4-29-24(28)25-15-13-21(14-16-25)26(23-18(2)9-8-10-19(23)3)22(27)17-20-11-6-5-7-12-20/h5-12,21H,4,13-17H2,1-3H3. The maximum atomic E-state index is 13.5. The van der Waals surface area contributed by atoms with Crippen LogP contribution in [-0.4, -0.2) is 42.6 Å². The Kier molecular flexibility index (Phi) is 6.91. The minimum atomic E-state index is -0.264. The number of amides is 2. The second-order valence-corrected chi connectivity index (χ2v) is 7.58. The maximum Gasteiger partial charge on any atom is 0.409 e. The topological polar surface area (TPSA) is 49.9 Å². The highest BCUT2D eigenvalue weighted by atomic mass is 16.6. The Morgan fingerprint density at radius 3 is 2.21 bits per heavy atom. The van der Waals surface area contributed by atoms with E-state index in [4.69, 9.17) is 4.74 Å². The summed E-state index contributed by atoms with van der Waals surface area (Å²) >= 11 is 0. The molecule has 1 aliphatic rings. The minimum Gasteiger partial charge on any atom is -0.450 e. The molecule has 0 spiro atoms. The molecule has 5 nitrogen and oxygen atoms in total. The third kappa shape index (κ3) is 4.97. The number of carbonyl (C=O) groups is 2. The molecule has 2 amide bonds. The number of anilines is 1. The Balaban J connectivity index is 1.84. The Bertz CT molecular complexity index is 822. The SMILES string of the molecule is CCOC(=O)N1CCC(N(C(=O)Cc2ccccc2)c2c(C)cccc2C)CC1. The molecular weight excluding hydrogens is 364 g/mol. The average molecular weight is 395 g/mol. The fourth-order valence-corrected chi connectivity index (χ4v) is 4.07. The lowest BCUT2D eigenvalue weighted by molar-refractivity contribution is -0.118. The van der Waals surface area contributed by atoms with Crippen molar-refractivity contribution in [1.82, 2.24) is 4.90 Å². The van der Waals surface area contributed by atoms with Crippen LogP contribution in [0.15, 0.2) is 48.5 Å². The molecule has 1 saturated heterocycles. The first-order valence-electron chi connectivity index (χ1n) is 10.3. The number of rotatable bonds is 5. The summed E-state index contributed by atoms with van der Waals surface area (Å²) in [5, 5.41) is 0. The number of carbonyl (C=O) groups excluding carboxylic acids is 2. The van der Waals surface area contributed by atoms with E-state index in [1.54, 1.807) is 4.90 Å². The van der Waals surface area contributed by atoms with Crippen molar-refractivity contribution in [2.24, 2.45) is 0 Å². The lowest BCUT2D eigenvalue weighted by Crippen LogP contribution is -2.50. The summed E-state index contributed by atoms with van der Waals surface area (Å²) in [7, 11) is 0. The molecule has 0 radical (unpaired) electrons. The zero-order valence-corrected chi connectivity index (χ0v) is 17.6. The van der Waals surface area contributed by atoms with E-state index in [-0.39, 0.29) is 18.0 Å². The van der Waals surface area contributed by atoms with Gasteiger partial charge in [0.1, 0.15) is 0 Å². The van der Waals surface area contributed by atoms with Gasteiger partial charge in [0.15, 0.2) is 0 Å². The lowest BCUT2D eigenvalue weighted by Gasteiger charge is -2.39. The van der Waals surface area contributed by atoms with Gasteiger partial charge in [0.25, 0.3) is 0 Å². The van der Waals surface area contributed by atoms with Gasteiger partial charge in [-0.3, -0.25) is 4.79 Å². The molecule has 154 valence electrons. The number of likely N-dealkylation sites (tertiary alicyclic amines) is 1. The third-order valence-electron chi connectivity index (χ3n) is 5.50. The number of ether oxygens (including phenoxy) is 1. The molecule has 0 aromatic heterocycles. The smallest absolute Gasteiger partial charge is 0.409 e. The van der Waals surface area contributed by atoms with Crippen LogP contribution < -0.4 is 4.90 Å². The Labute approximate surface area is 173 Å². The van der Waals surface area contributed by atoms with Crippen LogP contribution in [0.5, 0.6) is 0 Å². The molecule has 2 aromatic rings. The summed E-state index contributed by atoms with van der Waals surface area (Å²) in [6.07, 6.45) is 1.59. The molecule has 2 aromatic carbocycles. The second-order valence-electron chi connectivity index (χ2n) is 7.58.